The minimum atomic E-state index is -0.624. The molecule has 0 heterocycles. The van der Waals surface area contributed by atoms with Gasteiger partial charge in [-0.1, -0.05) is 25.1 Å². The number of benzene rings is 1. The summed E-state index contributed by atoms with van der Waals surface area (Å²) >= 11 is 0. The lowest BCUT2D eigenvalue weighted by Gasteiger charge is -2.29. The van der Waals surface area contributed by atoms with Gasteiger partial charge < -0.3 is 10.2 Å². The molecule has 0 radical (unpaired) electrons. The van der Waals surface area contributed by atoms with Gasteiger partial charge in [-0.25, -0.2) is 5.01 Å². The Morgan fingerprint density at radius 3 is 2.11 bits per heavy atom. The molecule has 0 aliphatic carbocycles. The number of carbonyl (C=O) groups is 2. The normalized spacial score (nSPS) is 10.4. The maximum atomic E-state index is 12.1. The number of nitrogens with zero attached hydrogens (tertiary/aromatic N) is 2. The summed E-state index contributed by atoms with van der Waals surface area (Å²) in [5.41, 5.74) is 0.311. The lowest BCUT2D eigenvalue weighted by atomic mass is 10.2. The Kier molecular flexibility index (Phi) is 5.44. The van der Waals surface area contributed by atoms with E-state index in [1.54, 1.807) is 37.3 Å². The van der Waals surface area contributed by atoms with Gasteiger partial charge in [-0.3, -0.25) is 9.59 Å². The van der Waals surface area contributed by atoms with Crippen molar-refractivity contribution in [3.8, 4) is 0 Å². The first-order chi connectivity index (χ1) is 8.65. The fraction of sp³-hybridized carbons (Fsp3) is 0.333. The van der Waals surface area contributed by atoms with E-state index in [2.05, 4.69) is 0 Å². The molecule has 0 spiro atoms. The summed E-state index contributed by atoms with van der Waals surface area (Å²) in [5.74, 6) is -1.07. The van der Waals surface area contributed by atoms with Crippen LogP contribution in [0.4, 0.5) is 0 Å². The molecule has 0 aromatic heterocycles. The van der Waals surface area contributed by atoms with Gasteiger partial charge in [-0.05, 0) is 12.1 Å². The number of imide groups is 1. The summed E-state index contributed by atoms with van der Waals surface area (Å²) in [5, 5.41) is 19.7. The average molecular weight is 252 g/mol. The van der Waals surface area contributed by atoms with Gasteiger partial charge in [0.2, 0.25) is 5.91 Å². The SMILES string of the molecule is CCC(=O)N(C(=O)c1ccccc1)N(CO)CO. The molecule has 18 heavy (non-hydrogen) atoms. The molecule has 0 saturated carbocycles. The second-order valence-corrected chi connectivity index (χ2v) is 3.52. The molecule has 0 fully saturated rings. The summed E-state index contributed by atoms with van der Waals surface area (Å²) in [6.07, 6.45) is 0.0923. The van der Waals surface area contributed by atoms with Gasteiger partial charge in [-0.2, -0.15) is 5.01 Å². The highest BCUT2D eigenvalue weighted by atomic mass is 16.3. The van der Waals surface area contributed by atoms with Crippen LogP contribution >= 0.6 is 0 Å². The van der Waals surface area contributed by atoms with Gasteiger partial charge in [0.05, 0.1) is 0 Å². The molecule has 2 N–H and O–H groups in total. The third kappa shape index (κ3) is 3.13. The average Bonchev–Trinajstić information content (AvgIpc) is 2.44. The third-order valence-corrected chi connectivity index (χ3v) is 2.36. The maximum absolute atomic E-state index is 12.1. The molecular weight excluding hydrogens is 236 g/mol. The van der Waals surface area contributed by atoms with E-state index in [1.807, 2.05) is 0 Å². The Morgan fingerprint density at radius 1 is 1.11 bits per heavy atom. The smallest absolute Gasteiger partial charge is 0.275 e. The van der Waals surface area contributed by atoms with E-state index < -0.39 is 25.3 Å². The number of carbonyl (C=O) groups excluding carboxylic acids is 2. The van der Waals surface area contributed by atoms with Gasteiger partial charge in [0.25, 0.3) is 5.91 Å². The fourth-order valence-electron chi connectivity index (χ4n) is 1.42. The van der Waals surface area contributed by atoms with Crippen molar-refractivity contribution in [3.63, 3.8) is 0 Å². The van der Waals surface area contributed by atoms with E-state index in [-0.39, 0.29) is 6.42 Å². The predicted octanol–water partition coefficient (Wildman–Crippen LogP) is 0.182. The topological polar surface area (TPSA) is 81.1 Å². The summed E-state index contributed by atoms with van der Waals surface area (Å²) in [7, 11) is 0. The summed E-state index contributed by atoms with van der Waals surface area (Å²) < 4.78 is 0. The van der Waals surface area contributed by atoms with Crippen LogP contribution in [-0.2, 0) is 4.79 Å². The zero-order valence-electron chi connectivity index (χ0n) is 10.1. The Balaban J connectivity index is 3.03. The van der Waals surface area contributed by atoms with Crippen LogP contribution in [0.3, 0.4) is 0 Å². The van der Waals surface area contributed by atoms with E-state index >= 15 is 0 Å². The Hall–Kier alpha value is -1.76. The van der Waals surface area contributed by atoms with Crippen LogP contribution in [0, 0.1) is 0 Å². The number of hydrogen-bond donors (Lipinski definition) is 2. The van der Waals surface area contributed by atoms with Crippen LogP contribution in [0.15, 0.2) is 30.3 Å². The first kappa shape index (κ1) is 14.3. The first-order valence-electron chi connectivity index (χ1n) is 5.54. The number of rotatable bonds is 5. The largest absolute Gasteiger partial charge is 0.379 e. The second-order valence-electron chi connectivity index (χ2n) is 3.52. The molecule has 0 saturated heterocycles. The zero-order chi connectivity index (χ0) is 13.5. The molecule has 1 aromatic carbocycles. The van der Waals surface area contributed by atoms with Crippen LogP contribution in [0.5, 0.6) is 0 Å². The quantitative estimate of drug-likeness (QED) is 0.577. The lowest BCUT2D eigenvalue weighted by Crippen LogP contribution is -2.50. The van der Waals surface area contributed by atoms with E-state index in [1.165, 1.54) is 0 Å². The molecule has 1 aromatic rings. The highest BCUT2D eigenvalue weighted by Crippen LogP contribution is 2.09. The van der Waals surface area contributed by atoms with Crippen molar-refractivity contribution in [1.82, 2.24) is 10.0 Å². The van der Waals surface area contributed by atoms with Crippen molar-refractivity contribution in [1.29, 1.82) is 0 Å². The van der Waals surface area contributed by atoms with Gasteiger partial charge in [0, 0.05) is 12.0 Å². The Morgan fingerprint density at radius 2 is 1.67 bits per heavy atom. The molecular formula is C12H16N2O4. The molecule has 0 unspecified atom stereocenters. The van der Waals surface area contributed by atoms with Crippen LogP contribution in [0.1, 0.15) is 23.7 Å². The minimum absolute atomic E-state index is 0.0923. The van der Waals surface area contributed by atoms with Crippen LogP contribution in [0.25, 0.3) is 0 Å². The van der Waals surface area contributed by atoms with Gasteiger partial charge in [-0.15, -0.1) is 0 Å². The van der Waals surface area contributed by atoms with Gasteiger partial charge >= 0.3 is 0 Å². The molecule has 98 valence electrons. The number of amides is 2. The predicted molar refractivity (Wildman–Crippen MR) is 63.9 cm³/mol. The van der Waals surface area contributed by atoms with Crippen molar-refractivity contribution in [3.05, 3.63) is 35.9 Å². The van der Waals surface area contributed by atoms with Crippen molar-refractivity contribution in [2.45, 2.75) is 13.3 Å². The zero-order valence-corrected chi connectivity index (χ0v) is 10.1. The highest BCUT2D eigenvalue weighted by Gasteiger charge is 2.27. The fourth-order valence-corrected chi connectivity index (χ4v) is 1.42. The lowest BCUT2D eigenvalue weighted by molar-refractivity contribution is -0.157. The van der Waals surface area contributed by atoms with E-state index in [0.717, 1.165) is 10.0 Å². The molecule has 0 atom stereocenters. The summed E-state index contributed by atoms with van der Waals surface area (Å²) in [4.78, 5) is 23.9. The molecule has 6 nitrogen and oxygen atoms in total. The van der Waals surface area contributed by atoms with E-state index in [4.69, 9.17) is 10.2 Å². The number of hydrogen-bond acceptors (Lipinski definition) is 5. The van der Waals surface area contributed by atoms with E-state index in [0.29, 0.717) is 5.56 Å². The third-order valence-electron chi connectivity index (χ3n) is 2.36. The highest BCUT2D eigenvalue weighted by molar-refractivity contribution is 6.04. The maximum Gasteiger partial charge on any atom is 0.275 e. The molecule has 0 bridgehead atoms. The van der Waals surface area contributed by atoms with Gasteiger partial charge in [0.1, 0.15) is 13.5 Å². The molecule has 0 aliphatic rings. The van der Waals surface area contributed by atoms with Crippen molar-refractivity contribution in [2.24, 2.45) is 0 Å². The van der Waals surface area contributed by atoms with Crippen molar-refractivity contribution < 1.29 is 19.8 Å². The van der Waals surface area contributed by atoms with Crippen molar-refractivity contribution in [2.75, 3.05) is 13.5 Å². The summed E-state index contributed by atoms with van der Waals surface area (Å²) in [6, 6.07) is 8.21. The van der Waals surface area contributed by atoms with Crippen LogP contribution < -0.4 is 0 Å². The minimum Gasteiger partial charge on any atom is -0.379 e. The molecule has 6 heteroatoms. The second kappa shape index (κ2) is 6.85. The van der Waals surface area contributed by atoms with Gasteiger partial charge in [0.15, 0.2) is 0 Å². The number of aliphatic hydroxyl groups is 2. The van der Waals surface area contributed by atoms with Crippen LogP contribution in [0.2, 0.25) is 0 Å². The number of hydrazine groups is 1. The van der Waals surface area contributed by atoms with Crippen LogP contribution in [-0.4, -0.2) is 45.5 Å². The first-order valence-corrected chi connectivity index (χ1v) is 5.54. The van der Waals surface area contributed by atoms with E-state index in [9.17, 15) is 9.59 Å². The monoisotopic (exact) mass is 252 g/mol. The molecule has 2 amide bonds. The molecule has 1 rings (SSSR count). The Bertz CT molecular complexity index is 404. The Labute approximate surface area is 105 Å². The summed E-state index contributed by atoms with van der Waals surface area (Å²) in [6.45, 7) is 0.349. The standard InChI is InChI=1S/C12H16N2O4/c1-2-11(17)14(13(8-15)9-16)12(18)10-6-4-3-5-7-10/h3-7,15-16H,2,8-9H2,1H3. The van der Waals surface area contributed by atoms with Crippen molar-refractivity contribution >= 4 is 11.8 Å². The number of aliphatic hydroxyl groups excluding tert-OH is 2. The molecule has 0 aliphatic heterocycles.